The van der Waals surface area contributed by atoms with Crippen molar-refractivity contribution in [1.29, 1.82) is 0 Å². The van der Waals surface area contributed by atoms with Crippen molar-refractivity contribution in [2.75, 3.05) is 32.7 Å². The molecule has 0 amide bonds. The van der Waals surface area contributed by atoms with Gasteiger partial charge < -0.3 is 19.5 Å². The Balaban J connectivity index is 2.16. The van der Waals surface area contributed by atoms with Gasteiger partial charge in [-0.05, 0) is 12.1 Å². The molecule has 0 radical (unpaired) electrons. The highest BCUT2D eigenvalue weighted by molar-refractivity contribution is 5.93. The van der Waals surface area contributed by atoms with Crippen molar-refractivity contribution >= 4 is 16.6 Å². The van der Waals surface area contributed by atoms with E-state index < -0.39 is 0 Å². The monoisotopic (exact) mass is 274 g/mol. The van der Waals surface area contributed by atoms with Crippen LogP contribution >= 0.6 is 0 Å². The molecule has 5 nitrogen and oxygen atoms in total. The predicted octanol–water partition coefficient (Wildman–Crippen LogP) is 2.58. The zero-order valence-corrected chi connectivity index (χ0v) is 11.7. The van der Waals surface area contributed by atoms with E-state index in [0.29, 0.717) is 19.8 Å². The van der Waals surface area contributed by atoms with Crippen LogP contribution in [-0.2, 0) is 11.3 Å². The normalized spacial score (nSPS) is 14.1. The number of nitrogens with one attached hydrogen (secondary N) is 1. The zero-order chi connectivity index (χ0) is 13.9. The number of hydrogen-bond acceptors (Lipinski definition) is 5. The summed E-state index contributed by atoms with van der Waals surface area (Å²) in [6, 6.07) is 5.93. The number of ether oxygens (including phenoxy) is 3. The van der Waals surface area contributed by atoms with E-state index in [1.54, 1.807) is 7.11 Å². The summed E-state index contributed by atoms with van der Waals surface area (Å²) in [4.78, 5) is 4.61. The maximum atomic E-state index is 5.73. The molecule has 0 fully saturated rings. The van der Waals surface area contributed by atoms with Crippen molar-refractivity contribution in [1.82, 2.24) is 4.98 Å². The molecule has 1 aliphatic rings. The smallest absolute Gasteiger partial charge is 0.163 e. The van der Waals surface area contributed by atoms with Crippen molar-refractivity contribution in [3.63, 3.8) is 0 Å². The van der Waals surface area contributed by atoms with Gasteiger partial charge in [-0.1, -0.05) is 0 Å². The summed E-state index contributed by atoms with van der Waals surface area (Å²) >= 11 is 0. The molecule has 1 aliphatic heterocycles. The fourth-order valence-corrected chi connectivity index (χ4v) is 2.37. The maximum absolute atomic E-state index is 5.73. The average molecular weight is 274 g/mol. The van der Waals surface area contributed by atoms with Gasteiger partial charge in [0.05, 0.1) is 31.0 Å². The number of hydrogen-bond donors (Lipinski definition) is 1. The van der Waals surface area contributed by atoms with E-state index in [4.69, 9.17) is 14.2 Å². The van der Waals surface area contributed by atoms with Gasteiger partial charge in [-0.3, -0.25) is 4.98 Å². The number of nitrogens with zero attached hydrogens (tertiary/aromatic N) is 1. The summed E-state index contributed by atoms with van der Waals surface area (Å²) < 4.78 is 16.6. The Morgan fingerprint density at radius 1 is 1.20 bits per heavy atom. The minimum Gasteiger partial charge on any atom is -0.490 e. The van der Waals surface area contributed by atoms with Crippen LogP contribution in [0.2, 0.25) is 0 Å². The van der Waals surface area contributed by atoms with Crippen LogP contribution in [-0.4, -0.2) is 32.4 Å². The number of methoxy groups -OCH3 is 1. The van der Waals surface area contributed by atoms with Crippen LogP contribution in [0.1, 0.15) is 12.1 Å². The van der Waals surface area contributed by atoms with Crippen molar-refractivity contribution in [3.8, 4) is 11.5 Å². The third-order valence-corrected chi connectivity index (χ3v) is 3.29. The summed E-state index contributed by atoms with van der Waals surface area (Å²) in [7, 11) is 3.56. The van der Waals surface area contributed by atoms with Gasteiger partial charge in [0.25, 0.3) is 0 Å². The molecular weight excluding hydrogens is 256 g/mol. The summed E-state index contributed by atoms with van der Waals surface area (Å²) in [5.41, 5.74) is 2.78. The molecule has 5 heteroatoms. The van der Waals surface area contributed by atoms with Gasteiger partial charge in [0.15, 0.2) is 11.5 Å². The molecule has 2 aromatic rings. The Morgan fingerprint density at radius 3 is 2.65 bits per heavy atom. The first-order valence-electron chi connectivity index (χ1n) is 6.72. The minimum absolute atomic E-state index is 0.485. The molecule has 0 saturated carbocycles. The van der Waals surface area contributed by atoms with Gasteiger partial charge in [0.1, 0.15) is 0 Å². The Labute approximate surface area is 117 Å². The minimum atomic E-state index is 0.485. The van der Waals surface area contributed by atoms with E-state index in [-0.39, 0.29) is 0 Å². The zero-order valence-electron chi connectivity index (χ0n) is 11.7. The number of fused-ring (bicyclic) bond motifs is 2. The number of aromatic nitrogens is 1. The van der Waals surface area contributed by atoms with Crippen LogP contribution in [0, 0.1) is 0 Å². The maximum Gasteiger partial charge on any atom is 0.163 e. The quantitative estimate of drug-likeness (QED) is 0.932. The Kier molecular flexibility index (Phi) is 3.60. The first-order valence-corrected chi connectivity index (χ1v) is 6.72. The number of benzene rings is 1. The number of anilines is 1. The molecule has 1 aromatic heterocycles. The van der Waals surface area contributed by atoms with E-state index in [2.05, 4.69) is 10.3 Å². The molecule has 2 heterocycles. The lowest BCUT2D eigenvalue weighted by atomic mass is 10.1. The lowest BCUT2D eigenvalue weighted by Gasteiger charge is -2.12. The number of rotatable bonds is 3. The van der Waals surface area contributed by atoms with E-state index in [9.17, 15) is 0 Å². The summed E-state index contributed by atoms with van der Waals surface area (Å²) in [6.07, 6.45) is 0.895. The third-order valence-electron chi connectivity index (χ3n) is 3.29. The molecule has 1 N–H and O–H groups in total. The van der Waals surface area contributed by atoms with Crippen molar-refractivity contribution in [2.45, 2.75) is 13.0 Å². The highest BCUT2D eigenvalue weighted by Crippen LogP contribution is 2.36. The second-order valence-corrected chi connectivity index (χ2v) is 4.71. The predicted molar refractivity (Wildman–Crippen MR) is 77.6 cm³/mol. The SMILES string of the molecule is CNc1cc(COC)nc2cc3c(cc12)OCCCO3. The van der Waals surface area contributed by atoms with E-state index in [0.717, 1.165) is 40.2 Å². The van der Waals surface area contributed by atoms with Crippen LogP contribution in [0.25, 0.3) is 10.9 Å². The molecule has 0 spiro atoms. The standard InChI is InChI=1S/C15H18N2O3/c1-16-12-6-10(9-18-2)17-13-8-15-14(7-11(12)13)19-4-3-5-20-15/h6-8H,3-5,9H2,1-2H3,(H,16,17). The first kappa shape index (κ1) is 13.0. The van der Waals surface area contributed by atoms with Crippen molar-refractivity contribution in [2.24, 2.45) is 0 Å². The topological polar surface area (TPSA) is 52.6 Å². The van der Waals surface area contributed by atoms with E-state index in [1.165, 1.54) is 0 Å². The van der Waals surface area contributed by atoms with Crippen LogP contribution in [0.5, 0.6) is 11.5 Å². The molecule has 20 heavy (non-hydrogen) atoms. The lowest BCUT2D eigenvalue weighted by molar-refractivity contribution is 0.182. The second-order valence-electron chi connectivity index (χ2n) is 4.71. The Bertz CT molecular complexity index is 628. The van der Waals surface area contributed by atoms with Gasteiger partial charge in [-0.2, -0.15) is 0 Å². The fourth-order valence-electron chi connectivity index (χ4n) is 2.37. The third kappa shape index (κ3) is 2.36. The second kappa shape index (κ2) is 5.54. The Hall–Kier alpha value is -2.01. The molecule has 1 aromatic carbocycles. The van der Waals surface area contributed by atoms with Gasteiger partial charge in [0.2, 0.25) is 0 Å². The molecular formula is C15H18N2O3. The van der Waals surface area contributed by atoms with Gasteiger partial charge >= 0.3 is 0 Å². The molecule has 0 bridgehead atoms. The highest BCUT2D eigenvalue weighted by atomic mass is 16.5. The molecule has 0 aliphatic carbocycles. The van der Waals surface area contributed by atoms with Crippen LogP contribution < -0.4 is 14.8 Å². The van der Waals surface area contributed by atoms with Crippen molar-refractivity contribution < 1.29 is 14.2 Å². The molecule has 0 atom stereocenters. The summed E-state index contributed by atoms with van der Waals surface area (Å²) in [5, 5.41) is 4.22. The van der Waals surface area contributed by atoms with Gasteiger partial charge in [-0.15, -0.1) is 0 Å². The largest absolute Gasteiger partial charge is 0.490 e. The van der Waals surface area contributed by atoms with Crippen LogP contribution in [0.15, 0.2) is 18.2 Å². The lowest BCUT2D eigenvalue weighted by Crippen LogP contribution is -1.99. The van der Waals surface area contributed by atoms with Gasteiger partial charge in [0, 0.05) is 37.7 Å². The average Bonchev–Trinajstić information content (AvgIpc) is 2.69. The molecule has 3 rings (SSSR count). The Morgan fingerprint density at radius 2 is 1.95 bits per heavy atom. The number of pyridine rings is 1. The molecule has 0 saturated heterocycles. The van der Waals surface area contributed by atoms with Crippen molar-refractivity contribution in [3.05, 3.63) is 23.9 Å². The van der Waals surface area contributed by atoms with E-state index >= 15 is 0 Å². The van der Waals surface area contributed by atoms with Crippen LogP contribution in [0.4, 0.5) is 5.69 Å². The van der Waals surface area contributed by atoms with E-state index in [1.807, 2.05) is 25.2 Å². The molecule has 106 valence electrons. The first-order chi connectivity index (χ1) is 9.81. The summed E-state index contributed by atoms with van der Waals surface area (Å²) in [6.45, 7) is 1.84. The fraction of sp³-hybridized carbons (Fsp3) is 0.400. The van der Waals surface area contributed by atoms with Crippen LogP contribution in [0.3, 0.4) is 0 Å². The molecule has 0 unspecified atom stereocenters. The highest BCUT2D eigenvalue weighted by Gasteiger charge is 2.14. The summed E-state index contributed by atoms with van der Waals surface area (Å²) in [5.74, 6) is 1.55. The van der Waals surface area contributed by atoms with Gasteiger partial charge in [-0.25, -0.2) is 0 Å².